The van der Waals surface area contributed by atoms with E-state index in [9.17, 15) is 18.0 Å². The van der Waals surface area contributed by atoms with Gasteiger partial charge in [0.25, 0.3) is 5.91 Å². The Morgan fingerprint density at radius 1 is 1.33 bits per heavy atom. The summed E-state index contributed by atoms with van der Waals surface area (Å²) in [6, 6.07) is 4.39. The van der Waals surface area contributed by atoms with Crippen molar-refractivity contribution in [3.05, 3.63) is 35.4 Å². The van der Waals surface area contributed by atoms with E-state index < -0.39 is 17.6 Å². The summed E-state index contributed by atoms with van der Waals surface area (Å²) in [6.07, 6.45) is -4.79. The molecule has 21 heavy (non-hydrogen) atoms. The maximum absolute atomic E-state index is 12.8. The number of methoxy groups -OCH3 is 1. The molecule has 0 saturated carbocycles. The van der Waals surface area contributed by atoms with Gasteiger partial charge >= 0.3 is 6.18 Å². The number of rotatable bonds is 3. The van der Waals surface area contributed by atoms with Gasteiger partial charge in [-0.05, 0) is 12.1 Å². The Labute approximate surface area is 126 Å². The van der Waals surface area contributed by atoms with Gasteiger partial charge in [-0.15, -0.1) is 12.4 Å². The van der Waals surface area contributed by atoms with Crippen LogP contribution in [0, 0.1) is 0 Å². The topological polar surface area (TPSA) is 50.4 Å². The Balaban J connectivity index is 0.00000220. The zero-order valence-corrected chi connectivity index (χ0v) is 12.1. The monoisotopic (exact) mass is 324 g/mol. The van der Waals surface area contributed by atoms with Gasteiger partial charge in [-0.1, -0.05) is 12.1 Å². The van der Waals surface area contributed by atoms with Gasteiger partial charge in [0.2, 0.25) is 0 Å². The van der Waals surface area contributed by atoms with Gasteiger partial charge in [0.05, 0.1) is 23.3 Å². The van der Waals surface area contributed by atoms with Crippen LogP contribution in [0.25, 0.3) is 0 Å². The molecule has 2 atom stereocenters. The summed E-state index contributed by atoms with van der Waals surface area (Å²) in [6.45, 7) is 1.03. The van der Waals surface area contributed by atoms with Crippen molar-refractivity contribution < 1.29 is 22.7 Å². The molecule has 118 valence electrons. The zero-order chi connectivity index (χ0) is 14.8. The Morgan fingerprint density at radius 3 is 2.62 bits per heavy atom. The minimum absolute atomic E-state index is 0. The molecule has 2 rings (SSSR count). The fourth-order valence-corrected chi connectivity index (χ4v) is 2.22. The van der Waals surface area contributed by atoms with Crippen molar-refractivity contribution >= 4 is 18.3 Å². The van der Waals surface area contributed by atoms with Crippen molar-refractivity contribution in [1.82, 2.24) is 10.6 Å². The highest BCUT2D eigenvalue weighted by molar-refractivity contribution is 5.96. The number of ether oxygens (including phenoxy) is 1. The second-order valence-corrected chi connectivity index (χ2v) is 4.56. The molecule has 1 aromatic rings. The predicted molar refractivity (Wildman–Crippen MR) is 73.6 cm³/mol. The number of carbonyl (C=O) groups is 1. The molecule has 1 fully saturated rings. The van der Waals surface area contributed by atoms with E-state index >= 15 is 0 Å². The average Bonchev–Trinajstić information content (AvgIpc) is 2.85. The number of benzene rings is 1. The third kappa shape index (κ3) is 4.09. The molecular formula is C13H16ClF3N2O2. The van der Waals surface area contributed by atoms with Crippen molar-refractivity contribution in [3.8, 4) is 0 Å². The van der Waals surface area contributed by atoms with E-state index in [1.165, 1.54) is 25.3 Å². The van der Waals surface area contributed by atoms with Gasteiger partial charge < -0.3 is 15.4 Å². The van der Waals surface area contributed by atoms with Gasteiger partial charge in [-0.2, -0.15) is 13.2 Å². The number of nitrogens with one attached hydrogen (secondary N) is 2. The zero-order valence-electron chi connectivity index (χ0n) is 11.2. The third-order valence-electron chi connectivity index (χ3n) is 3.25. The first-order valence-corrected chi connectivity index (χ1v) is 6.14. The standard InChI is InChI=1S/C13H15F3N2O2.ClH/c1-20-11-7-17-6-10(11)18-12(19)8-4-2-3-5-9(8)13(14,15)16;/h2-5,10-11,17H,6-7H2,1H3,(H,18,19);1H. The van der Waals surface area contributed by atoms with E-state index in [2.05, 4.69) is 10.6 Å². The van der Waals surface area contributed by atoms with E-state index in [1.807, 2.05) is 0 Å². The molecule has 0 bridgehead atoms. The van der Waals surface area contributed by atoms with Gasteiger partial charge in [-0.3, -0.25) is 4.79 Å². The lowest BCUT2D eigenvalue weighted by atomic mass is 10.1. The van der Waals surface area contributed by atoms with Gasteiger partial charge in [0, 0.05) is 20.2 Å². The minimum atomic E-state index is -4.55. The van der Waals surface area contributed by atoms with E-state index in [1.54, 1.807) is 0 Å². The highest BCUT2D eigenvalue weighted by Crippen LogP contribution is 2.31. The Kier molecular flexibility index (Phi) is 6.00. The van der Waals surface area contributed by atoms with Crippen LogP contribution < -0.4 is 10.6 Å². The van der Waals surface area contributed by atoms with E-state index in [4.69, 9.17) is 4.74 Å². The Morgan fingerprint density at radius 2 is 2.00 bits per heavy atom. The highest BCUT2D eigenvalue weighted by atomic mass is 35.5. The maximum Gasteiger partial charge on any atom is 0.417 e. The van der Waals surface area contributed by atoms with Crippen molar-refractivity contribution in [2.24, 2.45) is 0 Å². The number of carbonyl (C=O) groups excluding carboxylic acids is 1. The van der Waals surface area contributed by atoms with Crippen molar-refractivity contribution in [1.29, 1.82) is 0 Å². The Hall–Kier alpha value is -1.31. The van der Waals surface area contributed by atoms with Crippen molar-refractivity contribution in [3.63, 3.8) is 0 Å². The summed E-state index contributed by atoms with van der Waals surface area (Å²) in [5.41, 5.74) is -1.31. The Bertz CT molecular complexity index is 497. The van der Waals surface area contributed by atoms with Crippen LogP contribution in [0.2, 0.25) is 0 Å². The second-order valence-electron chi connectivity index (χ2n) is 4.56. The summed E-state index contributed by atoms with van der Waals surface area (Å²) in [5.74, 6) is -0.742. The number of alkyl halides is 3. The summed E-state index contributed by atoms with van der Waals surface area (Å²) in [4.78, 5) is 12.0. The van der Waals surface area contributed by atoms with Crippen molar-refractivity contribution in [2.45, 2.75) is 18.3 Å². The maximum atomic E-state index is 12.8. The quantitative estimate of drug-likeness (QED) is 0.892. The van der Waals surface area contributed by atoms with Crippen LogP contribution in [-0.4, -0.2) is 38.3 Å². The molecule has 0 aliphatic carbocycles. The molecule has 1 heterocycles. The van der Waals surface area contributed by atoms with Gasteiger partial charge in [0.15, 0.2) is 0 Å². The number of halogens is 4. The van der Waals surface area contributed by atoms with E-state index in [0.29, 0.717) is 13.1 Å². The first-order valence-electron chi connectivity index (χ1n) is 6.14. The molecule has 1 saturated heterocycles. The number of amides is 1. The molecule has 0 radical (unpaired) electrons. The molecule has 0 aromatic heterocycles. The molecule has 8 heteroatoms. The van der Waals surface area contributed by atoms with E-state index in [0.717, 1.165) is 6.07 Å². The molecule has 0 spiro atoms. The molecule has 1 amide bonds. The first-order chi connectivity index (χ1) is 9.43. The van der Waals surface area contributed by atoms with Gasteiger partial charge in [-0.25, -0.2) is 0 Å². The van der Waals surface area contributed by atoms with Crippen LogP contribution in [0.4, 0.5) is 13.2 Å². The summed E-state index contributed by atoms with van der Waals surface area (Å²) < 4.78 is 43.7. The predicted octanol–water partition coefficient (Wildman–Crippen LogP) is 1.84. The molecule has 1 aliphatic heterocycles. The minimum Gasteiger partial charge on any atom is -0.378 e. The number of hydrogen-bond acceptors (Lipinski definition) is 3. The molecule has 1 aliphatic rings. The van der Waals surface area contributed by atoms with Gasteiger partial charge in [0.1, 0.15) is 0 Å². The lowest BCUT2D eigenvalue weighted by molar-refractivity contribution is -0.137. The second kappa shape index (κ2) is 7.11. The van der Waals surface area contributed by atoms with Crippen LogP contribution in [0.5, 0.6) is 0 Å². The third-order valence-corrected chi connectivity index (χ3v) is 3.25. The number of hydrogen-bond donors (Lipinski definition) is 2. The van der Waals surface area contributed by atoms with Crippen LogP contribution in [0.15, 0.2) is 24.3 Å². The SMILES string of the molecule is COC1CNCC1NC(=O)c1ccccc1C(F)(F)F.Cl. The average molecular weight is 325 g/mol. The van der Waals surface area contributed by atoms with Crippen LogP contribution >= 0.6 is 12.4 Å². The smallest absolute Gasteiger partial charge is 0.378 e. The van der Waals surface area contributed by atoms with Crippen LogP contribution in [0.3, 0.4) is 0 Å². The fraction of sp³-hybridized carbons (Fsp3) is 0.462. The molecule has 1 aromatic carbocycles. The fourth-order valence-electron chi connectivity index (χ4n) is 2.22. The summed E-state index contributed by atoms with van der Waals surface area (Å²) in [7, 11) is 1.50. The molecule has 2 unspecified atom stereocenters. The summed E-state index contributed by atoms with van der Waals surface area (Å²) >= 11 is 0. The highest BCUT2D eigenvalue weighted by Gasteiger charge is 2.36. The van der Waals surface area contributed by atoms with Crippen LogP contribution in [-0.2, 0) is 10.9 Å². The lowest BCUT2D eigenvalue weighted by Gasteiger charge is -2.20. The summed E-state index contributed by atoms with van der Waals surface area (Å²) in [5, 5.41) is 5.60. The van der Waals surface area contributed by atoms with Crippen LogP contribution in [0.1, 0.15) is 15.9 Å². The molecular weight excluding hydrogens is 309 g/mol. The lowest BCUT2D eigenvalue weighted by Crippen LogP contribution is -2.44. The largest absolute Gasteiger partial charge is 0.417 e. The molecule has 4 nitrogen and oxygen atoms in total. The van der Waals surface area contributed by atoms with Crippen molar-refractivity contribution in [2.75, 3.05) is 20.2 Å². The normalized spacial score (nSPS) is 21.7. The molecule has 2 N–H and O–H groups in total. The first kappa shape index (κ1) is 17.7. The van der Waals surface area contributed by atoms with E-state index in [-0.39, 0.29) is 30.1 Å².